The molecule has 0 bridgehead atoms. The van der Waals surface area contributed by atoms with Gasteiger partial charge in [-0.05, 0) is 29.8 Å². The maximum Gasteiger partial charge on any atom is 0.343 e. The molecule has 5 nitrogen and oxygen atoms in total. The Labute approximate surface area is 143 Å². The summed E-state index contributed by atoms with van der Waals surface area (Å²) in [5.41, 5.74) is 2.06. The number of hydrogen-bond acceptors (Lipinski definition) is 5. The molecule has 0 amide bonds. The van der Waals surface area contributed by atoms with E-state index in [-0.39, 0.29) is 0 Å². The summed E-state index contributed by atoms with van der Waals surface area (Å²) >= 11 is 3.42. The molecule has 0 saturated carbocycles. The van der Waals surface area contributed by atoms with Crippen LogP contribution in [0.5, 0.6) is 11.5 Å². The van der Waals surface area contributed by atoms with Crippen molar-refractivity contribution in [1.82, 2.24) is 0 Å². The van der Waals surface area contributed by atoms with Gasteiger partial charge in [0.25, 0.3) is 0 Å². The van der Waals surface area contributed by atoms with Gasteiger partial charge in [-0.25, -0.2) is 4.79 Å². The highest BCUT2D eigenvalue weighted by molar-refractivity contribution is 9.10. The smallest absolute Gasteiger partial charge is 0.343 e. The molecule has 0 heterocycles. The average Bonchev–Trinajstić information content (AvgIpc) is 2.59. The van der Waals surface area contributed by atoms with Gasteiger partial charge in [-0.3, -0.25) is 0 Å². The molecule has 0 spiro atoms. The Balaban J connectivity index is 2.26. The van der Waals surface area contributed by atoms with Crippen molar-refractivity contribution in [2.45, 2.75) is 6.54 Å². The second-order valence-corrected chi connectivity index (χ2v) is 5.64. The first kappa shape index (κ1) is 17.1. The number of methoxy groups -OCH3 is 3. The summed E-state index contributed by atoms with van der Waals surface area (Å²) in [4.78, 5) is 12.0. The quantitative estimate of drug-likeness (QED) is 0.772. The fourth-order valence-corrected chi connectivity index (χ4v) is 2.57. The van der Waals surface area contributed by atoms with Crippen molar-refractivity contribution in [1.29, 1.82) is 0 Å². The number of nitrogens with one attached hydrogen (secondary N) is 1. The predicted octanol–water partition coefficient (Wildman–Crippen LogP) is 3.87. The summed E-state index contributed by atoms with van der Waals surface area (Å²) in [6, 6.07) is 11.2. The maximum absolute atomic E-state index is 12.0. The van der Waals surface area contributed by atoms with Crippen molar-refractivity contribution in [3.05, 3.63) is 52.0 Å². The number of anilines is 1. The van der Waals surface area contributed by atoms with E-state index in [1.165, 1.54) is 14.2 Å². The predicted molar refractivity (Wildman–Crippen MR) is 92.4 cm³/mol. The first-order chi connectivity index (χ1) is 11.1. The van der Waals surface area contributed by atoms with E-state index in [4.69, 9.17) is 14.2 Å². The largest absolute Gasteiger partial charge is 0.497 e. The number of ether oxygens (including phenoxy) is 3. The van der Waals surface area contributed by atoms with Crippen LogP contribution in [0, 0.1) is 0 Å². The highest BCUT2D eigenvalue weighted by atomic mass is 79.9. The average molecular weight is 380 g/mol. The Bertz CT molecular complexity index is 686. The van der Waals surface area contributed by atoms with Gasteiger partial charge in [-0.1, -0.05) is 28.1 Å². The lowest BCUT2D eigenvalue weighted by atomic mass is 10.1. The van der Waals surface area contributed by atoms with Crippen molar-refractivity contribution in [2.75, 3.05) is 26.6 Å². The molecule has 2 rings (SSSR count). The number of benzene rings is 2. The molecule has 0 atom stereocenters. The van der Waals surface area contributed by atoms with Crippen LogP contribution in [0.2, 0.25) is 0 Å². The van der Waals surface area contributed by atoms with Gasteiger partial charge in [0.05, 0.1) is 27.0 Å². The lowest BCUT2D eigenvalue weighted by molar-refractivity contribution is 0.0598. The van der Waals surface area contributed by atoms with Crippen LogP contribution >= 0.6 is 15.9 Å². The zero-order valence-corrected chi connectivity index (χ0v) is 14.8. The Morgan fingerprint density at radius 1 is 1.09 bits per heavy atom. The molecular weight excluding hydrogens is 362 g/mol. The number of esters is 1. The van der Waals surface area contributed by atoms with Crippen molar-refractivity contribution in [2.24, 2.45) is 0 Å². The molecule has 2 aromatic carbocycles. The Morgan fingerprint density at radius 2 is 1.78 bits per heavy atom. The summed E-state index contributed by atoms with van der Waals surface area (Å²) in [5.74, 6) is 0.795. The van der Waals surface area contributed by atoms with Crippen LogP contribution in [0.4, 0.5) is 5.69 Å². The summed E-state index contributed by atoms with van der Waals surface area (Å²) < 4.78 is 16.1. The highest BCUT2D eigenvalue weighted by Crippen LogP contribution is 2.32. The standard InChI is InChI=1S/C17H18BrNO4/c1-21-13-6-4-11(5-7-13)10-19-14-8-12(18)9-15(22-2)16(14)17(20)23-3/h4-9,19H,10H2,1-3H3. The van der Waals surface area contributed by atoms with E-state index < -0.39 is 5.97 Å². The Kier molecular flexibility index (Phi) is 5.87. The molecule has 23 heavy (non-hydrogen) atoms. The van der Waals surface area contributed by atoms with E-state index in [9.17, 15) is 4.79 Å². The molecule has 0 radical (unpaired) electrons. The molecule has 2 aromatic rings. The second kappa shape index (κ2) is 7.87. The zero-order chi connectivity index (χ0) is 16.8. The van der Waals surface area contributed by atoms with Crippen LogP contribution in [0.15, 0.2) is 40.9 Å². The van der Waals surface area contributed by atoms with Crippen molar-refractivity contribution < 1.29 is 19.0 Å². The maximum atomic E-state index is 12.0. The molecule has 122 valence electrons. The van der Waals surface area contributed by atoms with Crippen LogP contribution in [0.1, 0.15) is 15.9 Å². The number of halogens is 1. The van der Waals surface area contributed by atoms with E-state index in [0.29, 0.717) is 23.5 Å². The fraction of sp³-hybridized carbons (Fsp3) is 0.235. The van der Waals surface area contributed by atoms with Crippen molar-refractivity contribution in [3.8, 4) is 11.5 Å². The summed E-state index contributed by atoms with van der Waals surface area (Å²) in [7, 11) is 4.49. The number of carbonyl (C=O) groups excluding carboxylic acids is 1. The number of hydrogen-bond donors (Lipinski definition) is 1. The topological polar surface area (TPSA) is 56.8 Å². The van der Waals surface area contributed by atoms with Gasteiger partial charge in [0.15, 0.2) is 0 Å². The molecule has 0 aliphatic heterocycles. The van der Waals surface area contributed by atoms with Gasteiger partial charge in [0, 0.05) is 11.0 Å². The van der Waals surface area contributed by atoms with Gasteiger partial charge < -0.3 is 19.5 Å². The van der Waals surface area contributed by atoms with Gasteiger partial charge in [-0.2, -0.15) is 0 Å². The van der Waals surface area contributed by atoms with Crippen LogP contribution in [0.3, 0.4) is 0 Å². The molecule has 1 N–H and O–H groups in total. The van der Waals surface area contributed by atoms with Crippen molar-refractivity contribution >= 4 is 27.6 Å². The van der Waals surface area contributed by atoms with Gasteiger partial charge in [0.2, 0.25) is 0 Å². The minimum atomic E-state index is -0.452. The lowest BCUT2D eigenvalue weighted by Gasteiger charge is -2.15. The molecule has 6 heteroatoms. The lowest BCUT2D eigenvalue weighted by Crippen LogP contribution is -2.10. The SMILES string of the molecule is COC(=O)c1c(NCc2ccc(OC)cc2)cc(Br)cc1OC. The third-order valence-corrected chi connectivity index (χ3v) is 3.78. The highest BCUT2D eigenvalue weighted by Gasteiger charge is 2.19. The van der Waals surface area contributed by atoms with E-state index >= 15 is 0 Å². The van der Waals surface area contributed by atoms with Gasteiger partial charge >= 0.3 is 5.97 Å². The van der Waals surface area contributed by atoms with E-state index in [1.54, 1.807) is 13.2 Å². The van der Waals surface area contributed by atoms with Gasteiger partial charge in [0.1, 0.15) is 17.1 Å². The second-order valence-electron chi connectivity index (χ2n) is 4.72. The minimum Gasteiger partial charge on any atom is -0.497 e. The first-order valence-electron chi connectivity index (χ1n) is 6.91. The molecule has 0 unspecified atom stereocenters. The zero-order valence-electron chi connectivity index (χ0n) is 13.2. The summed E-state index contributed by atoms with van der Waals surface area (Å²) in [5, 5.41) is 3.25. The molecular formula is C17H18BrNO4. The minimum absolute atomic E-state index is 0.367. The van der Waals surface area contributed by atoms with E-state index in [1.807, 2.05) is 30.3 Å². The van der Waals surface area contributed by atoms with Gasteiger partial charge in [-0.15, -0.1) is 0 Å². The summed E-state index contributed by atoms with van der Waals surface area (Å²) in [6.45, 7) is 0.549. The molecule has 0 aliphatic rings. The van der Waals surface area contributed by atoms with Crippen LogP contribution < -0.4 is 14.8 Å². The number of rotatable bonds is 6. The Hall–Kier alpha value is -2.21. The fourth-order valence-electron chi connectivity index (χ4n) is 2.14. The van der Waals surface area contributed by atoms with Crippen LogP contribution in [-0.4, -0.2) is 27.3 Å². The van der Waals surface area contributed by atoms with E-state index in [0.717, 1.165) is 15.8 Å². The van der Waals surface area contributed by atoms with Crippen molar-refractivity contribution in [3.63, 3.8) is 0 Å². The molecule has 0 fully saturated rings. The number of carbonyl (C=O) groups is 1. The van der Waals surface area contributed by atoms with E-state index in [2.05, 4.69) is 21.2 Å². The monoisotopic (exact) mass is 379 g/mol. The van der Waals surface area contributed by atoms with Crippen LogP contribution in [0.25, 0.3) is 0 Å². The van der Waals surface area contributed by atoms with Crippen LogP contribution in [-0.2, 0) is 11.3 Å². The summed E-state index contributed by atoms with van der Waals surface area (Å²) in [6.07, 6.45) is 0. The third-order valence-electron chi connectivity index (χ3n) is 3.32. The molecule has 0 saturated heterocycles. The normalized spacial score (nSPS) is 10.1. The third kappa shape index (κ3) is 4.16. The molecule has 0 aromatic heterocycles. The Morgan fingerprint density at radius 3 is 2.35 bits per heavy atom. The first-order valence-corrected chi connectivity index (χ1v) is 7.71. The molecule has 0 aliphatic carbocycles.